The van der Waals surface area contributed by atoms with Crippen molar-refractivity contribution in [2.45, 2.75) is 72.1 Å². The van der Waals surface area contributed by atoms with Crippen LogP contribution in [0.15, 0.2) is 0 Å². The van der Waals surface area contributed by atoms with E-state index in [1.807, 2.05) is 0 Å². The fourth-order valence-electron chi connectivity index (χ4n) is 3.79. The first kappa shape index (κ1) is 16.0. The Bertz CT molecular complexity index is 202. The van der Waals surface area contributed by atoms with E-state index in [1.54, 1.807) is 0 Å². The third kappa shape index (κ3) is 5.30. The largest absolute Gasteiger partial charge is 0.319 e. The van der Waals surface area contributed by atoms with E-state index >= 15 is 0 Å². The first-order valence-corrected chi connectivity index (χ1v) is 8.35. The molecule has 0 spiro atoms. The molecule has 0 aromatic carbocycles. The summed E-state index contributed by atoms with van der Waals surface area (Å²) in [6.07, 6.45) is 11.5. The Morgan fingerprint density at radius 1 is 1.17 bits per heavy atom. The smallest absolute Gasteiger partial charge is 0.00209 e. The van der Waals surface area contributed by atoms with Crippen molar-refractivity contribution in [3.63, 3.8) is 0 Å². The number of hydrogen-bond donors (Lipinski definition) is 1. The molecule has 0 radical (unpaired) electrons. The molecule has 1 aliphatic carbocycles. The molecular weight excluding hydrogens is 218 g/mol. The molecule has 18 heavy (non-hydrogen) atoms. The normalized spacial score (nSPS) is 30.3. The van der Waals surface area contributed by atoms with Gasteiger partial charge in [0.1, 0.15) is 0 Å². The summed E-state index contributed by atoms with van der Waals surface area (Å²) in [4.78, 5) is 0. The van der Waals surface area contributed by atoms with E-state index in [1.165, 1.54) is 57.9 Å². The van der Waals surface area contributed by atoms with Gasteiger partial charge < -0.3 is 5.32 Å². The van der Waals surface area contributed by atoms with E-state index in [0.29, 0.717) is 0 Å². The quantitative estimate of drug-likeness (QED) is 0.651. The van der Waals surface area contributed by atoms with Gasteiger partial charge in [0.05, 0.1) is 0 Å². The van der Waals surface area contributed by atoms with Crippen molar-refractivity contribution in [3.8, 4) is 0 Å². The Morgan fingerprint density at radius 2 is 1.94 bits per heavy atom. The lowest BCUT2D eigenvalue weighted by atomic mass is 9.70. The van der Waals surface area contributed by atoms with Gasteiger partial charge in [-0.2, -0.15) is 0 Å². The fraction of sp³-hybridized carbons (Fsp3) is 1.00. The van der Waals surface area contributed by atoms with Crippen LogP contribution >= 0.6 is 0 Å². The third-order valence-electron chi connectivity index (χ3n) is 5.05. The van der Waals surface area contributed by atoms with Crippen LogP contribution in [0.4, 0.5) is 0 Å². The molecule has 0 aromatic heterocycles. The molecule has 0 aromatic rings. The maximum Gasteiger partial charge on any atom is -0.00209 e. The molecule has 4 atom stereocenters. The molecule has 1 heteroatoms. The number of hydrogen-bond acceptors (Lipinski definition) is 1. The zero-order chi connectivity index (χ0) is 13.4. The highest BCUT2D eigenvalue weighted by atomic mass is 14.8. The van der Waals surface area contributed by atoms with Crippen molar-refractivity contribution < 1.29 is 0 Å². The van der Waals surface area contributed by atoms with Crippen LogP contribution in [0.1, 0.15) is 72.1 Å². The molecule has 108 valence electrons. The molecule has 0 aliphatic heterocycles. The molecular formula is C17H35N. The van der Waals surface area contributed by atoms with E-state index < -0.39 is 0 Å². The third-order valence-corrected chi connectivity index (χ3v) is 5.05. The predicted molar refractivity (Wildman–Crippen MR) is 81.8 cm³/mol. The fourth-order valence-corrected chi connectivity index (χ4v) is 3.79. The van der Waals surface area contributed by atoms with Gasteiger partial charge in [-0.05, 0) is 56.5 Å². The summed E-state index contributed by atoms with van der Waals surface area (Å²) < 4.78 is 0. The van der Waals surface area contributed by atoms with Crippen LogP contribution in [-0.4, -0.2) is 13.6 Å². The van der Waals surface area contributed by atoms with Gasteiger partial charge in [0, 0.05) is 0 Å². The van der Waals surface area contributed by atoms with E-state index in [4.69, 9.17) is 0 Å². The van der Waals surface area contributed by atoms with Crippen LogP contribution in [0.2, 0.25) is 0 Å². The Hall–Kier alpha value is -0.0400. The minimum absolute atomic E-state index is 0.946. The summed E-state index contributed by atoms with van der Waals surface area (Å²) in [6, 6.07) is 0. The minimum atomic E-state index is 0.946. The summed E-state index contributed by atoms with van der Waals surface area (Å²) in [6.45, 7) is 8.40. The lowest BCUT2D eigenvalue weighted by molar-refractivity contribution is 0.152. The highest BCUT2D eigenvalue weighted by Gasteiger charge is 2.29. The Balaban J connectivity index is 2.47. The first-order valence-electron chi connectivity index (χ1n) is 8.35. The van der Waals surface area contributed by atoms with Crippen LogP contribution in [0.5, 0.6) is 0 Å². The Labute approximate surface area is 115 Å². The molecule has 1 aliphatic rings. The van der Waals surface area contributed by atoms with E-state index in [-0.39, 0.29) is 0 Å². The summed E-state index contributed by atoms with van der Waals surface area (Å²) in [5.74, 6) is 3.89. The van der Waals surface area contributed by atoms with Crippen molar-refractivity contribution in [2.75, 3.05) is 13.6 Å². The summed E-state index contributed by atoms with van der Waals surface area (Å²) in [7, 11) is 2.11. The second kappa shape index (κ2) is 8.96. The standard InChI is InChI=1S/C17H35N/c1-5-7-8-15(6-2)12-17-11-14(3)9-10-16(17)13-18-4/h14-18H,5-13H2,1-4H3. The predicted octanol–water partition coefficient (Wildman–Crippen LogP) is 4.86. The molecule has 4 unspecified atom stereocenters. The summed E-state index contributed by atoms with van der Waals surface area (Å²) in [5, 5.41) is 3.42. The number of unbranched alkanes of at least 4 members (excludes halogenated alkanes) is 1. The number of rotatable bonds is 8. The Morgan fingerprint density at radius 3 is 2.56 bits per heavy atom. The SMILES string of the molecule is CCCCC(CC)CC1CC(C)CCC1CNC. The van der Waals surface area contributed by atoms with Gasteiger partial charge in [-0.3, -0.25) is 0 Å². The molecule has 1 rings (SSSR count). The highest BCUT2D eigenvalue weighted by Crippen LogP contribution is 2.38. The molecule has 1 N–H and O–H groups in total. The average Bonchev–Trinajstić information content (AvgIpc) is 2.37. The van der Waals surface area contributed by atoms with Crippen molar-refractivity contribution in [3.05, 3.63) is 0 Å². The first-order chi connectivity index (χ1) is 8.71. The van der Waals surface area contributed by atoms with Crippen LogP contribution in [0.25, 0.3) is 0 Å². The average molecular weight is 253 g/mol. The molecule has 1 nitrogen and oxygen atoms in total. The second-order valence-electron chi connectivity index (χ2n) is 6.65. The molecule has 0 saturated heterocycles. The van der Waals surface area contributed by atoms with Gasteiger partial charge in [-0.25, -0.2) is 0 Å². The van der Waals surface area contributed by atoms with E-state index in [0.717, 1.165) is 23.7 Å². The highest BCUT2D eigenvalue weighted by molar-refractivity contribution is 4.81. The zero-order valence-electron chi connectivity index (χ0n) is 13.2. The van der Waals surface area contributed by atoms with Crippen LogP contribution < -0.4 is 5.32 Å². The minimum Gasteiger partial charge on any atom is -0.319 e. The summed E-state index contributed by atoms with van der Waals surface area (Å²) >= 11 is 0. The lowest BCUT2D eigenvalue weighted by Gasteiger charge is -2.37. The van der Waals surface area contributed by atoms with Crippen molar-refractivity contribution in [1.82, 2.24) is 5.32 Å². The van der Waals surface area contributed by atoms with Gasteiger partial charge in [-0.15, -0.1) is 0 Å². The molecule has 0 heterocycles. The maximum atomic E-state index is 3.42. The van der Waals surface area contributed by atoms with Crippen molar-refractivity contribution in [1.29, 1.82) is 0 Å². The lowest BCUT2D eigenvalue weighted by Crippen LogP contribution is -2.32. The van der Waals surface area contributed by atoms with Gasteiger partial charge in [0.25, 0.3) is 0 Å². The van der Waals surface area contributed by atoms with E-state index in [9.17, 15) is 0 Å². The van der Waals surface area contributed by atoms with Gasteiger partial charge in [0.2, 0.25) is 0 Å². The Kier molecular flexibility index (Phi) is 7.97. The van der Waals surface area contributed by atoms with E-state index in [2.05, 4.69) is 33.1 Å². The van der Waals surface area contributed by atoms with Crippen molar-refractivity contribution >= 4 is 0 Å². The van der Waals surface area contributed by atoms with Crippen LogP contribution in [0, 0.1) is 23.7 Å². The van der Waals surface area contributed by atoms with Crippen LogP contribution in [-0.2, 0) is 0 Å². The van der Waals surface area contributed by atoms with Gasteiger partial charge in [-0.1, -0.05) is 52.9 Å². The van der Waals surface area contributed by atoms with Gasteiger partial charge >= 0.3 is 0 Å². The summed E-state index contributed by atoms with van der Waals surface area (Å²) in [5.41, 5.74) is 0. The van der Waals surface area contributed by atoms with Crippen LogP contribution in [0.3, 0.4) is 0 Å². The molecule has 1 saturated carbocycles. The van der Waals surface area contributed by atoms with Crippen molar-refractivity contribution in [2.24, 2.45) is 23.7 Å². The van der Waals surface area contributed by atoms with Gasteiger partial charge in [0.15, 0.2) is 0 Å². The molecule has 0 amide bonds. The topological polar surface area (TPSA) is 12.0 Å². The monoisotopic (exact) mass is 253 g/mol. The second-order valence-corrected chi connectivity index (χ2v) is 6.65. The maximum absolute atomic E-state index is 3.42. The molecule has 0 bridgehead atoms. The zero-order valence-corrected chi connectivity index (χ0v) is 13.2. The number of nitrogens with one attached hydrogen (secondary N) is 1. The molecule has 1 fully saturated rings.